The molecule has 42 heavy (non-hydrogen) atoms. The molecule has 1 aliphatic heterocycles. The van der Waals surface area contributed by atoms with Gasteiger partial charge in [0.2, 0.25) is 11.7 Å². The molecule has 0 unspecified atom stereocenters. The highest BCUT2D eigenvalue weighted by Gasteiger charge is 2.33. The minimum atomic E-state index is -4.21. The average molecular weight is 610 g/mol. The van der Waals surface area contributed by atoms with Crippen molar-refractivity contribution in [3.05, 3.63) is 54.0 Å². The van der Waals surface area contributed by atoms with E-state index in [1.54, 1.807) is 19.1 Å². The number of carbonyl (C=O) groups excluding carboxylic acids is 3. The fourth-order valence-electron chi connectivity index (χ4n) is 4.22. The first-order valence-electron chi connectivity index (χ1n) is 13.0. The van der Waals surface area contributed by atoms with E-state index in [1.807, 2.05) is 0 Å². The van der Waals surface area contributed by atoms with Crippen LogP contribution in [0.15, 0.2) is 47.0 Å². The van der Waals surface area contributed by atoms with Crippen molar-refractivity contribution in [2.75, 3.05) is 32.1 Å². The van der Waals surface area contributed by atoms with E-state index in [2.05, 4.69) is 25.3 Å². The Kier molecular flexibility index (Phi) is 10.0. The second-order valence-electron chi connectivity index (χ2n) is 9.32. The van der Waals surface area contributed by atoms with Gasteiger partial charge in [0.15, 0.2) is 21.1 Å². The molecule has 1 fully saturated rings. The number of ether oxygens (including phenoxy) is 2. The lowest BCUT2D eigenvalue weighted by atomic mass is 10.1. The summed E-state index contributed by atoms with van der Waals surface area (Å²) in [6, 6.07) is 5.00. The largest absolute Gasteiger partial charge is 0.435 e. The highest BCUT2D eigenvalue weighted by atomic mass is 32.2. The van der Waals surface area contributed by atoms with Gasteiger partial charge in [-0.15, -0.1) is 0 Å². The van der Waals surface area contributed by atoms with Crippen molar-refractivity contribution in [3.8, 4) is 5.75 Å². The summed E-state index contributed by atoms with van der Waals surface area (Å²) in [4.78, 5) is 48.9. The number of hydrogen-bond donors (Lipinski definition) is 2. The van der Waals surface area contributed by atoms with Crippen molar-refractivity contribution in [2.24, 2.45) is 0 Å². The normalized spacial score (nSPS) is 15.3. The Morgan fingerprint density at radius 1 is 1.07 bits per heavy atom. The number of nitrogens with one attached hydrogen (secondary N) is 2. The summed E-state index contributed by atoms with van der Waals surface area (Å²) < 4.78 is 67.2. The summed E-state index contributed by atoms with van der Waals surface area (Å²) >= 11 is 0. The van der Waals surface area contributed by atoms with Gasteiger partial charge in [0, 0.05) is 24.8 Å². The first-order valence-corrected chi connectivity index (χ1v) is 14.8. The van der Waals surface area contributed by atoms with Crippen molar-refractivity contribution < 1.29 is 45.5 Å². The number of carbonyl (C=O) groups is 3. The number of para-hydroxylation sites is 1. The van der Waals surface area contributed by atoms with Gasteiger partial charge in [-0.2, -0.15) is 13.8 Å². The first kappa shape index (κ1) is 30.8. The molecule has 0 bridgehead atoms. The lowest BCUT2D eigenvalue weighted by Gasteiger charge is -2.29. The monoisotopic (exact) mass is 609 g/mol. The lowest BCUT2D eigenvalue weighted by molar-refractivity contribution is -0.123. The maximum absolute atomic E-state index is 13.4. The molecular weight excluding hydrogens is 580 g/mol. The molecule has 0 spiro atoms. The van der Waals surface area contributed by atoms with Crippen LogP contribution in [-0.2, 0) is 25.1 Å². The van der Waals surface area contributed by atoms with Crippen molar-refractivity contribution in [3.63, 3.8) is 0 Å². The number of alkyl halides is 2. The molecule has 1 saturated heterocycles. The zero-order valence-corrected chi connectivity index (χ0v) is 23.3. The smallest absolute Gasteiger partial charge is 0.387 e. The van der Waals surface area contributed by atoms with Crippen LogP contribution in [0, 0.1) is 0 Å². The molecule has 2 N–H and O–H groups in total. The maximum atomic E-state index is 13.4. The number of nitrogens with zero attached hydrogens (tertiary/aromatic N) is 3. The molecule has 4 rings (SSSR count). The van der Waals surface area contributed by atoms with Crippen molar-refractivity contribution in [2.45, 2.75) is 37.8 Å². The Labute approximate surface area is 239 Å². The summed E-state index contributed by atoms with van der Waals surface area (Å²) in [5, 5.41) is 4.92. The molecule has 2 atom stereocenters. The van der Waals surface area contributed by atoms with E-state index in [1.165, 1.54) is 35.4 Å². The predicted molar refractivity (Wildman–Crippen MR) is 144 cm³/mol. The number of aromatic nitrogens is 2. The molecule has 3 aromatic rings. The number of urea groups is 1. The molecular formula is C26H29F2N5O8S. The van der Waals surface area contributed by atoms with Gasteiger partial charge in [-0.05, 0) is 24.6 Å². The number of ketones is 1. The number of morpholine rings is 1. The Balaban J connectivity index is 1.54. The lowest BCUT2D eigenvalue weighted by Crippen LogP contribution is -2.57. The summed E-state index contributed by atoms with van der Waals surface area (Å²) in [5.74, 6) is -3.91. The van der Waals surface area contributed by atoms with Crippen LogP contribution in [-0.4, -0.2) is 91.8 Å². The number of benzene rings is 1. The van der Waals surface area contributed by atoms with Crippen molar-refractivity contribution in [1.29, 1.82) is 0 Å². The highest BCUT2D eigenvalue weighted by Crippen LogP contribution is 2.23. The van der Waals surface area contributed by atoms with Crippen LogP contribution in [0.25, 0.3) is 11.2 Å². The zero-order chi connectivity index (χ0) is 30.3. The molecule has 0 saturated carbocycles. The minimum Gasteiger partial charge on any atom is -0.435 e. The average Bonchev–Trinajstić information content (AvgIpc) is 3.40. The summed E-state index contributed by atoms with van der Waals surface area (Å²) in [6.07, 6.45) is 1.56. The van der Waals surface area contributed by atoms with Crippen LogP contribution in [0.4, 0.5) is 13.6 Å². The molecule has 3 amide bonds. The number of amides is 3. The SMILES string of the molecule is CC[C@H](NC(=O)[C@H](CS(=O)(=O)Cc1ccccc1OC(F)F)NC(=O)N1CCOCC1)C(=O)c1nc2ncccc2o1. The highest BCUT2D eigenvalue weighted by molar-refractivity contribution is 7.90. The molecule has 1 aliphatic rings. The molecule has 226 valence electrons. The number of pyridine rings is 1. The van der Waals surface area contributed by atoms with E-state index in [9.17, 15) is 31.6 Å². The summed E-state index contributed by atoms with van der Waals surface area (Å²) in [6.45, 7) is -0.618. The van der Waals surface area contributed by atoms with E-state index in [0.717, 1.165) is 0 Å². The van der Waals surface area contributed by atoms with Crippen molar-refractivity contribution in [1.82, 2.24) is 25.5 Å². The van der Waals surface area contributed by atoms with Gasteiger partial charge >= 0.3 is 12.6 Å². The second kappa shape index (κ2) is 13.7. The molecule has 13 nitrogen and oxygen atoms in total. The van der Waals surface area contributed by atoms with E-state index in [4.69, 9.17) is 9.15 Å². The van der Waals surface area contributed by atoms with Gasteiger partial charge < -0.3 is 29.4 Å². The standard InChI is InChI=1S/C26H29F2N5O8S/c1-2-17(21(34)24-32-22-20(40-24)8-5-9-29-22)30-23(35)18(31-26(36)33-10-12-39-13-11-33)15-42(37,38)14-16-6-3-4-7-19(16)41-25(27)28/h3-9,17-18,25H,2,10-15H2,1H3,(H,30,35)(H,31,36)/t17-,18-/m0/s1. The molecule has 2 aromatic heterocycles. The third-order valence-corrected chi connectivity index (χ3v) is 7.91. The number of rotatable bonds is 12. The summed E-state index contributed by atoms with van der Waals surface area (Å²) in [7, 11) is -4.21. The van der Waals surface area contributed by atoms with Gasteiger partial charge in [0.1, 0.15) is 11.8 Å². The van der Waals surface area contributed by atoms with Crippen LogP contribution in [0.2, 0.25) is 0 Å². The maximum Gasteiger partial charge on any atom is 0.387 e. The van der Waals surface area contributed by atoms with Crippen LogP contribution < -0.4 is 15.4 Å². The number of hydrogen-bond acceptors (Lipinski definition) is 10. The number of oxazole rings is 1. The Bertz CT molecular complexity index is 1490. The fourth-order valence-corrected chi connectivity index (χ4v) is 5.80. The van der Waals surface area contributed by atoms with E-state index >= 15 is 0 Å². The fraction of sp³-hybridized carbons (Fsp3) is 0.423. The zero-order valence-electron chi connectivity index (χ0n) is 22.5. The topological polar surface area (TPSA) is 170 Å². The van der Waals surface area contributed by atoms with Crippen LogP contribution in [0.1, 0.15) is 29.6 Å². The molecule has 16 heteroatoms. The number of Topliss-reactive ketones (excluding diaryl/α,β-unsaturated/α-hetero) is 1. The van der Waals surface area contributed by atoms with Gasteiger partial charge in [-0.1, -0.05) is 25.1 Å². The Morgan fingerprint density at radius 2 is 1.81 bits per heavy atom. The second-order valence-corrected chi connectivity index (χ2v) is 11.4. The van der Waals surface area contributed by atoms with Crippen LogP contribution >= 0.6 is 0 Å². The molecule has 1 aromatic carbocycles. The third-order valence-electron chi connectivity index (χ3n) is 6.31. The Morgan fingerprint density at radius 3 is 2.50 bits per heavy atom. The van der Waals surface area contributed by atoms with Gasteiger partial charge in [0.25, 0.3) is 5.89 Å². The third kappa shape index (κ3) is 7.97. The van der Waals surface area contributed by atoms with Crippen LogP contribution in [0.3, 0.4) is 0 Å². The van der Waals surface area contributed by atoms with Gasteiger partial charge in [-0.3, -0.25) is 9.59 Å². The van der Waals surface area contributed by atoms with Gasteiger partial charge in [-0.25, -0.2) is 18.2 Å². The number of sulfone groups is 1. The molecule has 0 radical (unpaired) electrons. The first-order chi connectivity index (χ1) is 20.1. The van der Waals surface area contributed by atoms with Crippen molar-refractivity contribution >= 4 is 38.8 Å². The quantitative estimate of drug-likeness (QED) is 0.289. The minimum absolute atomic E-state index is 0.0531. The van der Waals surface area contributed by atoms with E-state index in [-0.39, 0.29) is 61.2 Å². The number of fused-ring (bicyclic) bond motifs is 1. The Hall–Kier alpha value is -4.18. The molecule has 0 aliphatic carbocycles. The number of halogens is 2. The van der Waals surface area contributed by atoms with E-state index < -0.39 is 57.8 Å². The van der Waals surface area contributed by atoms with Gasteiger partial charge in [0.05, 0.1) is 30.8 Å². The molecule has 3 heterocycles. The van der Waals surface area contributed by atoms with Crippen LogP contribution in [0.5, 0.6) is 5.75 Å². The van der Waals surface area contributed by atoms with E-state index in [0.29, 0.717) is 0 Å². The summed E-state index contributed by atoms with van der Waals surface area (Å²) in [5.41, 5.74) is 0.405. The predicted octanol–water partition coefficient (Wildman–Crippen LogP) is 1.93.